The molecule has 0 aliphatic carbocycles. The summed E-state index contributed by atoms with van der Waals surface area (Å²) in [7, 11) is 3.74. The molecule has 0 saturated heterocycles. The van der Waals surface area contributed by atoms with Crippen molar-refractivity contribution in [2.24, 2.45) is 7.05 Å². The Morgan fingerprint density at radius 2 is 2.19 bits per heavy atom. The molecule has 1 aromatic carbocycles. The number of halogens is 2. The van der Waals surface area contributed by atoms with E-state index in [0.29, 0.717) is 18.2 Å². The molecule has 0 bridgehead atoms. The van der Waals surface area contributed by atoms with Crippen LogP contribution in [0.4, 0.5) is 4.39 Å². The molecule has 0 saturated carbocycles. The van der Waals surface area contributed by atoms with Crippen molar-refractivity contribution in [3.05, 3.63) is 52.3 Å². The number of aryl methyl sites for hydroxylation is 1. The molecule has 6 heteroatoms. The second kappa shape index (κ2) is 6.56. The molecular weight excluding hydrogens is 293 g/mol. The first-order valence-corrected chi connectivity index (χ1v) is 7.05. The van der Waals surface area contributed by atoms with E-state index in [2.05, 4.69) is 4.98 Å². The van der Waals surface area contributed by atoms with E-state index in [1.165, 1.54) is 12.1 Å². The Hall–Kier alpha value is -1.43. The van der Waals surface area contributed by atoms with Crippen LogP contribution in [0.3, 0.4) is 0 Å². The summed E-state index contributed by atoms with van der Waals surface area (Å²) in [5.41, 5.74) is 1.48. The molecule has 0 amide bonds. The highest BCUT2D eigenvalue weighted by atomic mass is 35.5. The van der Waals surface area contributed by atoms with E-state index >= 15 is 0 Å². The molecule has 21 heavy (non-hydrogen) atoms. The number of hydrogen-bond donors (Lipinski definition) is 1. The van der Waals surface area contributed by atoms with Gasteiger partial charge >= 0.3 is 0 Å². The van der Waals surface area contributed by atoms with Crippen molar-refractivity contribution in [1.29, 1.82) is 0 Å². The van der Waals surface area contributed by atoms with E-state index in [1.54, 1.807) is 23.8 Å². The fourth-order valence-corrected chi connectivity index (χ4v) is 2.43. The van der Waals surface area contributed by atoms with Crippen LogP contribution in [-0.2, 0) is 13.6 Å². The van der Waals surface area contributed by atoms with Crippen molar-refractivity contribution < 1.29 is 9.50 Å². The van der Waals surface area contributed by atoms with Gasteiger partial charge in [-0.15, -0.1) is 0 Å². The Kier molecular flexibility index (Phi) is 4.98. The Morgan fingerprint density at radius 1 is 1.48 bits per heavy atom. The van der Waals surface area contributed by atoms with Crippen molar-refractivity contribution in [2.75, 3.05) is 13.6 Å². The minimum absolute atomic E-state index is 0.292. The van der Waals surface area contributed by atoms with Gasteiger partial charge in [0.05, 0.1) is 18.8 Å². The first-order chi connectivity index (χ1) is 9.88. The predicted octanol–water partition coefficient (Wildman–Crippen LogP) is 2.69. The van der Waals surface area contributed by atoms with Crippen LogP contribution in [0.5, 0.6) is 0 Å². The first kappa shape index (κ1) is 15.9. The van der Waals surface area contributed by atoms with E-state index in [0.717, 1.165) is 17.0 Å². The van der Waals surface area contributed by atoms with Gasteiger partial charge < -0.3 is 9.67 Å². The number of aromatic nitrogens is 2. The van der Waals surface area contributed by atoms with Crippen molar-refractivity contribution in [1.82, 2.24) is 14.5 Å². The number of imidazole rings is 1. The number of rotatable bonds is 5. The van der Waals surface area contributed by atoms with Crippen molar-refractivity contribution >= 4 is 11.6 Å². The SMILES string of the molecule is Cc1cc(F)ccc1C(O)CN(C)Cc1ncc(Cl)n1C. The van der Waals surface area contributed by atoms with E-state index in [1.807, 2.05) is 19.0 Å². The highest BCUT2D eigenvalue weighted by Crippen LogP contribution is 2.20. The van der Waals surface area contributed by atoms with Gasteiger partial charge in [0.25, 0.3) is 0 Å². The molecular formula is C15H19ClFN3O. The topological polar surface area (TPSA) is 41.3 Å². The van der Waals surface area contributed by atoms with Gasteiger partial charge in [-0.25, -0.2) is 9.37 Å². The van der Waals surface area contributed by atoms with Gasteiger partial charge in [-0.05, 0) is 37.2 Å². The van der Waals surface area contributed by atoms with Crippen LogP contribution in [0, 0.1) is 12.7 Å². The van der Waals surface area contributed by atoms with Gasteiger partial charge in [-0.1, -0.05) is 17.7 Å². The maximum atomic E-state index is 13.1. The Balaban J connectivity index is 2.01. The molecule has 1 heterocycles. The number of aliphatic hydroxyl groups excluding tert-OH is 1. The largest absolute Gasteiger partial charge is 0.387 e. The van der Waals surface area contributed by atoms with Gasteiger partial charge in [0, 0.05) is 13.6 Å². The van der Waals surface area contributed by atoms with Gasteiger partial charge in [0.1, 0.15) is 16.8 Å². The lowest BCUT2D eigenvalue weighted by Crippen LogP contribution is -2.26. The van der Waals surface area contributed by atoms with Gasteiger partial charge in [0.2, 0.25) is 0 Å². The van der Waals surface area contributed by atoms with Crippen molar-refractivity contribution in [3.8, 4) is 0 Å². The average molecular weight is 312 g/mol. The molecule has 0 spiro atoms. The summed E-state index contributed by atoms with van der Waals surface area (Å²) in [6, 6.07) is 4.42. The van der Waals surface area contributed by atoms with E-state index in [4.69, 9.17) is 11.6 Å². The molecule has 1 atom stereocenters. The van der Waals surface area contributed by atoms with Crippen LogP contribution in [0.15, 0.2) is 24.4 Å². The van der Waals surface area contributed by atoms with Crippen LogP contribution in [0.25, 0.3) is 0 Å². The van der Waals surface area contributed by atoms with Crippen LogP contribution >= 0.6 is 11.6 Å². The summed E-state index contributed by atoms with van der Waals surface area (Å²) in [4.78, 5) is 6.17. The normalized spacial score (nSPS) is 12.9. The third kappa shape index (κ3) is 3.81. The molecule has 2 rings (SSSR count). The Bertz CT molecular complexity index is 629. The Labute approximate surface area is 128 Å². The first-order valence-electron chi connectivity index (χ1n) is 6.67. The van der Waals surface area contributed by atoms with Crippen LogP contribution in [0.1, 0.15) is 23.1 Å². The van der Waals surface area contributed by atoms with Crippen LogP contribution < -0.4 is 0 Å². The minimum atomic E-state index is -0.675. The third-order valence-electron chi connectivity index (χ3n) is 3.51. The van der Waals surface area contributed by atoms with Crippen molar-refractivity contribution in [3.63, 3.8) is 0 Å². The molecule has 114 valence electrons. The molecule has 1 N–H and O–H groups in total. The minimum Gasteiger partial charge on any atom is -0.387 e. The molecule has 0 aliphatic rings. The van der Waals surface area contributed by atoms with E-state index < -0.39 is 6.10 Å². The lowest BCUT2D eigenvalue weighted by molar-refractivity contribution is 0.121. The zero-order valence-electron chi connectivity index (χ0n) is 12.3. The van der Waals surface area contributed by atoms with Gasteiger partial charge in [-0.2, -0.15) is 0 Å². The van der Waals surface area contributed by atoms with Crippen LogP contribution in [0.2, 0.25) is 5.15 Å². The predicted molar refractivity (Wildman–Crippen MR) is 80.6 cm³/mol. The second-order valence-electron chi connectivity index (χ2n) is 5.27. The highest BCUT2D eigenvalue weighted by molar-refractivity contribution is 6.29. The monoisotopic (exact) mass is 311 g/mol. The molecule has 1 unspecified atom stereocenters. The number of benzene rings is 1. The average Bonchev–Trinajstić information content (AvgIpc) is 2.70. The summed E-state index contributed by atoms with van der Waals surface area (Å²) in [5, 5.41) is 10.9. The van der Waals surface area contributed by atoms with Gasteiger partial charge in [-0.3, -0.25) is 4.90 Å². The Morgan fingerprint density at radius 3 is 2.76 bits per heavy atom. The molecule has 1 aromatic heterocycles. The summed E-state index contributed by atoms with van der Waals surface area (Å²) in [5.74, 6) is 0.532. The zero-order chi connectivity index (χ0) is 15.6. The molecule has 2 aromatic rings. The molecule has 0 radical (unpaired) electrons. The number of nitrogens with zero attached hydrogens (tertiary/aromatic N) is 3. The summed E-state index contributed by atoms with van der Waals surface area (Å²) < 4.78 is 14.9. The fourth-order valence-electron chi connectivity index (χ4n) is 2.28. The third-order valence-corrected chi connectivity index (χ3v) is 3.87. The number of aliphatic hydroxyl groups is 1. The molecule has 4 nitrogen and oxygen atoms in total. The maximum Gasteiger partial charge on any atom is 0.128 e. The number of likely N-dealkylation sites (N-methyl/N-ethyl adjacent to an activating group) is 1. The van der Waals surface area contributed by atoms with E-state index in [-0.39, 0.29) is 5.82 Å². The standard InChI is InChI=1S/C15H19ClFN3O/c1-10-6-11(17)4-5-12(10)13(21)8-19(2)9-15-18-7-14(16)20(15)3/h4-7,13,21H,8-9H2,1-3H3. The summed E-state index contributed by atoms with van der Waals surface area (Å²) >= 11 is 5.95. The number of hydrogen-bond acceptors (Lipinski definition) is 3. The van der Waals surface area contributed by atoms with E-state index in [9.17, 15) is 9.50 Å². The maximum absolute atomic E-state index is 13.1. The lowest BCUT2D eigenvalue weighted by atomic mass is 10.0. The van der Waals surface area contributed by atoms with Crippen molar-refractivity contribution in [2.45, 2.75) is 19.6 Å². The highest BCUT2D eigenvalue weighted by Gasteiger charge is 2.15. The van der Waals surface area contributed by atoms with Crippen LogP contribution in [-0.4, -0.2) is 33.1 Å². The lowest BCUT2D eigenvalue weighted by Gasteiger charge is -2.21. The molecule has 0 fully saturated rings. The summed E-state index contributed by atoms with van der Waals surface area (Å²) in [6.45, 7) is 2.79. The smallest absolute Gasteiger partial charge is 0.128 e. The van der Waals surface area contributed by atoms with Gasteiger partial charge in [0.15, 0.2) is 0 Å². The summed E-state index contributed by atoms with van der Waals surface area (Å²) in [6.07, 6.45) is 0.928. The second-order valence-corrected chi connectivity index (χ2v) is 5.66. The fraction of sp³-hybridized carbons (Fsp3) is 0.400. The quantitative estimate of drug-likeness (QED) is 0.923. The zero-order valence-corrected chi connectivity index (χ0v) is 13.1. The molecule has 0 aliphatic heterocycles.